The Kier molecular flexibility index (Phi) is 3.94. The lowest BCUT2D eigenvalue weighted by Crippen LogP contribution is -2.37. The van der Waals surface area contributed by atoms with E-state index in [-0.39, 0.29) is 24.8 Å². The van der Waals surface area contributed by atoms with E-state index in [0.29, 0.717) is 5.92 Å². The van der Waals surface area contributed by atoms with Gasteiger partial charge in [-0.05, 0) is 31.1 Å². The van der Waals surface area contributed by atoms with Crippen LogP contribution in [0.1, 0.15) is 46.5 Å². The lowest BCUT2D eigenvalue weighted by Gasteiger charge is -2.23. The number of aliphatic carboxylic acids is 1. The van der Waals surface area contributed by atoms with Crippen LogP contribution in [0.3, 0.4) is 0 Å². The summed E-state index contributed by atoms with van der Waals surface area (Å²) >= 11 is 0. The van der Waals surface area contributed by atoms with Crippen LogP contribution in [0, 0.1) is 11.3 Å². The van der Waals surface area contributed by atoms with Gasteiger partial charge in [0.2, 0.25) is 5.91 Å². The number of nitrogens with one attached hydrogen (secondary N) is 1. The van der Waals surface area contributed by atoms with Crippen molar-refractivity contribution in [2.24, 2.45) is 11.3 Å². The van der Waals surface area contributed by atoms with Crippen molar-refractivity contribution < 1.29 is 14.7 Å². The maximum absolute atomic E-state index is 11.7. The molecule has 2 N–H and O–H groups in total. The summed E-state index contributed by atoms with van der Waals surface area (Å²) in [6.07, 6.45) is 2.69. The Morgan fingerprint density at radius 2 is 1.94 bits per heavy atom. The number of hydrogen-bond acceptors (Lipinski definition) is 2. The topological polar surface area (TPSA) is 66.4 Å². The summed E-state index contributed by atoms with van der Waals surface area (Å²) in [4.78, 5) is 22.3. The number of hydrogen-bond donors (Lipinski definition) is 2. The van der Waals surface area contributed by atoms with Gasteiger partial charge in [0.15, 0.2) is 0 Å². The molecule has 0 aliphatic heterocycles. The molecule has 0 bridgehead atoms. The van der Waals surface area contributed by atoms with Gasteiger partial charge in [0, 0.05) is 12.5 Å². The third-order valence-electron chi connectivity index (χ3n) is 2.99. The second-order valence-corrected chi connectivity index (χ2v) is 5.61. The molecule has 4 heteroatoms. The van der Waals surface area contributed by atoms with Crippen LogP contribution in [0.5, 0.6) is 0 Å². The lowest BCUT2D eigenvalue weighted by atomic mass is 9.85. The Morgan fingerprint density at radius 3 is 2.38 bits per heavy atom. The molecule has 1 aliphatic rings. The third-order valence-corrected chi connectivity index (χ3v) is 2.99. The second-order valence-electron chi connectivity index (χ2n) is 5.61. The van der Waals surface area contributed by atoms with Crippen molar-refractivity contribution in [3.8, 4) is 0 Å². The molecule has 0 spiro atoms. The molecule has 0 heterocycles. The SMILES string of the molecule is CC(NC(=O)CC(C)(C)CC(=O)O)C1CC1. The van der Waals surface area contributed by atoms with E-state index in [4.69, 9.17) is 5.11 Å². The summed E-state index contributed by atoms with van der Waals surface area (Å²) in [6, 6.07) is 0.230. The molecule has 1 aliphatic carbocycles. The zero-order valence-corrected chi connectivity index (χ0v) is 10.2. The quantitative estimate of drug-likeness (QED) is 0.727. The van der Waals surface area contributed by atoms with E-state index in [1.54, 1.807) is 0 Å². The van der Waals surface area contributed by atoms with Crippen molar-refractivity contribution in [3.05, 3.63) is 0 Å². The average Bonchev–Trinajstić information content (AvgIpc) is 2.79. The molecular weight excluding hydrogens is 206 g/mol. The molecule has 1 rings (SSSR count). The normalized spacial score (nSPS) is 17.9. The highest BCUT2D eigenvalue weighted by atomic mass is 16.4. The van der Waals surface area contributed by atoms with E-state index in [0.717, 1.165) is 0 Å². The van der Waals surface area contributed by atoms with Crippen molar-refractivity contribution in [2.75, 3.05) is 0 Å². The summed E-state index contributed by atoms with van der Waals surface area (Å²) < 4.78 is 0. The van der Waals surface area contributed by atoms with E-state index in [9.17, 15) is 9.59 Å². The minimum atomic E-state index is -0.854. The number of carbonyl (C=O) groups is 2. The van der Waals surface area contributed by atoms with Crippen LogP contribution in [0.4, 0.5) is 0 Å². The minimum absolute atomic E-state index is 0.0260. The van der Waals surface area contributed by atoms with Gasteiger partial charge >= 0.3 is 5.97 Å². The summed E-state index contributed by atoms with van der Waals surface area (Å²) in [5, 5.41) is 11.6. The van der Waals surface area contributed by atoms with Crippen LogP contribution in [0.25, 0.3) is 0 Å². The Balaban J connectivity index is 2.34. The molecule has 0 aromatic heterocycles. The Morgan fingerprint density at radius 1 is 1.38 bits per heavy atom. The van der Waals surface area contributed by atoms with Crippen molar-refractivity contribution >= 4 is 11.9 Å². The molecule has 1 fully saturated rings. The Labute approximate surface area is 96.4 Å². The summed E-state index contributed by atoms with van der Waals surface area (Å²) in [5.74, 6) is -0.259. The van der Waals surface area contributed by atoms with Gasteiger partial charge < -0.3 is 10.4 Å². The van der Waals surface area contributed by atoms with E-state index >= 15 is 0 Å². The van der Waals surface area contributed by atoms with E-state index < -0.39 is 11.4 Å². The van der Waals surface area contributed by atoms with Gasteiger partial charge in [-0.25, -0.2) is 0 Å². The average molecular weight is 227 g/mol. The number of carboxylic acids is 1. The largest absolute Gasteiger partial charge is 0.481 e. The van der Waals surface area contributed by atoms with Gasteiger partial charge in [-0.2, -0.15) is 0 Å². The number of carboxylic acid groups (broad SMARTS) is 1. The van der Waals surface area contributed by atoms with E-state index in [1.807, 2.05) is 20.8 Å². The molecule has 16 heavy (non-hydrogen) atoms. The molecule has 1 unspecified atom stereocenters. The molecule has 4 nitrogen and oxygen atoms in total. The van der Waals surface area contributed by atoms with E-state index in [2.05, 4.69) is 5.32 Å². The number of rotatable bonds is 6. The molecule has 1 amide bonds. The van der Waals surface area contributed by atoms with Gasteiger partial charge in [-0.15, -0.1) is 0 Å². The number of carbonyl (C=O) groups excluding carboxylic acids is 1. The minimum Gasteiger partial charge on any atom is -0.481 e. The zero-order valence-electron chi connectivity index (χ0n) is 10.2. The summed E-state index contributed by atoms with van der Waals surface area (Å²) in [6.45, 7) is 5.63. The van der Waals surface area contributed by atoms with Gasteiger partial charge in [-0.3, -0.25) is 9.59 Å². The molecule has 0 saturated heterocycles. The first kappa shape index (κ1) is 13.0. The predicted molar refractivity (Wildman–Crippen MR) is 61.0 cm³/mol. The first-order valence-corrected chi connectivity index (χ1v) is 5.81. The highest BCUT2D eigenvalue weighted by Crippen LogP contribution is 2.32. The zero-order chi connectivity index (χ0) is 12.3. The highest BCUT2D eigenvalue weighted by Gasteiger charge is 2.31. The van der Waals surface area contributed by atoms with Crippen LogP contribution in [0.2, 0.25) is 0 Å². The summed E-state index contributed by atoms with van der Waals surface area (Å²) in [5.41, 5.74) is -0.473. The first-order chi connectivity index (χ1) is 7.30. The van der Waals surface area contributed by atoms with Crippen molar-refractivity contribution in [2.45, 2.75) is 52.5 Å². The second kappa shape index (κ2) is 4.85. The molecule has 1 saturated carbocycles. The maximum Gasteiger partial charge on any atom is 0.303 e. The Bertz CT molecular complexity index is 282. The van der Waals surface area contributed by atoms with Crippen molar-refractivity contribution in [1.82, 2.24) is 5.32 Å². The fourth-order valence-corrected chi connectivity index (χ4v) is 1.93. The van der Waals surface area contributed by atoms with Gasteiger partial charge in [0.25, 0.3) is 0 Å². The lowest BCUT2D eigenvalue weighted by molar-refractivity contribution is -0.139. The molecule has 1 atom stereocenters. The van der Waals surface area contributed by atoms with Gasteiger partial charge in [-0.1, -0.05) is 13.8 Å². The van der Waals surface area contributed by atoms with Crippen LogP contribution in [0.15, 0.2) is 0 Å². The standard InChI is InChI=1S/C12H21NO3/c1-8(9-4-5-9)13-10(14)6-12(2,3)7-11(15)16/h8-9H,4-7H2,1-3H3,(H,13,14)(H,15,16). The van der Waals surface area contributed by atoms with Gasteiger partial charge in [0.05, 0.1) is 6.42 Å². The highest BCUT2D eigenvalue weighted by molar-refractivity contribution is 5.78. The van der Waals surface area contributed by atoms with Crippen LogP contribution in [-0.4, -0.2) is 23.0 Å². The third kappa shape index (κ3) is 4.64. The van der Waals surface area contributed by atoms with Crippen molar-refractivity contribution in [3.63, 3.8) is 0 Å². The summed E-state index contributed by atoms with van der Waals surface area (Å²) in [7, 11) is 0. The van der Waals surface area contributed by atoms with Crippen LogP contribution in [-0.2, 0) is 9.59 Å². The maximum atomic E-state index is 11.7. The molecule has 0 aromatic rings. The van der Waals surface area contributed by atoms with Gasteiger partial charge in [0.1, 0.15) is 0 Å². The fourth-order valence-electron chi connectivity index (χ4n) is 1.93. The molecular formula is C12H21NO3. The van der Waals surface area contributed by atoms with Crippen LogP contribution < -0.4 is 5.32 Å². The smallest absolute Gasteiger partial charge is 0.303 e. The van der Waals surface area contributed by atoms with Crippen molar-refractivity contribution in [1.29, 1.82) is 0 Å². The molecule has 0 radical (unpaired) electrons. The first-order valence-electron chi connectivity index (χ1n) is 5.81. The van der Waals surface area contributed by atoms with E-state index in [1.165, 1.54) is 12.8 Å². The fraction of sp³-hybridized carbons (Fsp3) is 0.833. The molecule has 92 valence electrons. The predicted octanol–water partition coefficient (Wildman–Crippen LogP) is 1.79. The Hall–Kier alpha value is -1.06. The number of amides is 1. The molecule has 0 aromatic carbocycles. The van der Waals surface area contributed by atoms with Crippen LogP contribution >= 0.6 is 0 Å². The monoisotopic (exact) mass is 227 g/mol.